The smallest absolute Gasteiger partial charge is 0.335 e. The van der Waals surface area contributed by atoms with Gasteiger partial charge in [-0.05, 0) is 60.4 Å². The molecule has 0 radical (unpaired) electrons. The standard InChI is InChI=1S/C23H20ClNO3/c1-2-3-4-15-9-10-18(24)17-13-21(28-22(15)17)20-12-11-19(25-20)14-5-7-16(8-6-14)23(26)27/h5-13,25H,2-4H2,1H3,(H,26,27). The number of hydrogen-bond acceptors (Lipinski definition) is 2. The predicted octanol–water partition coefficient (Wildman–Crippen LogP) is 6.79. The molecule has 0 saturated carbocycles. The zero-order valence-corrected chi connectivity index (χ0v) is 16.2. The van der Waals surface area contributed by atoms with E-state index < -0.39 is 5.97 Å². The minimum atomic E-state index is -0.934. The van der Waals surface area contributed by atoms with E-state index in [-0.39, 0.29) is 5.56 Å². The Hall–Kier alpha value is -2.98. The summed E-state index contributed by atoms with van der Waals surface area (Å²) >= 11 is 6.39. The molecule has 4 rings (SSSR count). The van der Waals surface area contributed by atoms with Crippen LogP contribution in [0.5, 0.6) is 0 Å². The first-order valence-corrected chi connectivity index (χ1v) is 9.68. The molecule has 0 atom stereocenters. The van der Waals surface area contributed by atoms with Crippen molar-refractivity contribution in [3.05, 3.63) is 70.7 Å². The van der Waals surface area contributed by atoms with Gasteiger partial charge in [0.1, 0.15) is 5.58 Å². The molecule has 2 aromatic heterocycles. The van der Waals surface area contributed by atoms with Gasteiger partial charge in [0, 0.05) is 11.1 Å². The lowest BCUT2D eigenvalue weighted by molar-refractivity contribution is 0.0697. The molecule has 0 amide bonds. The number of carbonyl (C=O) groups is 1. The summed E-state index contributed by atoms with van der Waals surface area (Å²) in [6.45, 7) is 2.17. The van der Waals surface area contributed by atoms with Crippen LogP contribution in [-0.2, 0) is 6.42 Å². The Bertz CT molecular complexity index is 1140. The van der Waals surface area contributed by atoms with Gasteiger partial charge in [0.15, 0.2) is 5.76 Å². The van der Waals surface area contributed by atoms with Gasteiger partial charge >= 0.3 is 5.97 Å². The van der Waals surface area contributed by atoms with Crippen molar-refractivity contribution in [2.24, 2.45) is 0 Å². The molecule has 0 aliphatic carbocycles. The number of benzene rings is 2. The van der Waals surface area contributed by atoms with Gasteiger partial charge in [0.2, 0.25) is 0 Å². The Morgan fingerprint density at radius 1 is 1.07 bits per heavy atom. The zero-order valence-electron chi connectivity index (χ0n) is 15.5. The third-order valence-electron chi connectivity index (χ3n) is 4.91. The summed E-state index contributed by atoms with van der Waals surface area (Å²) in [5.74, 6) is -0.203. The molecular formula is C23H20ClNO3. The van der Waals surface area contributed by atoms with Gasteiger partial charge in [-0.3, -0.25) is 0 Å². The van der Waals surface area contributed by atoms with E-state index in [4.69, 9.17) is 21.1 Å². The van der Waals surface area contributed by atoms with Gasteiger partial charge in [-0.1, -0.05) is 43.1 Å². The lowest BCUT2D eigenvalue weighted by Crippen LogP contribution is -1.94. The Labute approximate surface area is 167 Å². The topological polar surface area (TPSA) is 66.2 Å². The number of aromatic carboxylic acids is 1. The number of fused-ring (bicyclic) bond motifs is 1. The molecular weight excluding hydrogens is 374 g/mol. The van der Waals surface area contributed by atoms with Crippen molar-refractivity contribution < 1.29 is 14.3 Å². The quantitative estimate of drug-likeness (QED) is 0.379. The lowest BCUT2D eigenvalue weighted by atomic mass is 10.1. The number of aryl methyl sites for hydroxylation is 1. The maximum absolute atomic E-state index is 11.0. The molecule has 0 unspecified atom stereocenters. The van der Waals surface area contributed by atoms with Crippen LogP contribution in [0.15, 0.2) is 59.0 Å². The molecule has 5 heteroatoms. The molecule has 2 aromatic carbocycles. The van der Waals surface area contributed by atoms with E-state index in [0.29, 0.717) is 5.02 Å². The van der Waals surface area contributed by atoms with Crippen LogP contribution >= 0.6 is 11.6 Å². The fourth-order valence-electron chi connectivity index (χ4n) is 3.34. The second kappa shape index (κ2) is 7.56. The molecule has 28 heavy (non-hydrogen) atoms. The number of H-pyrrole nitrogens is 1. The van der Waals surface area contributed by atoms with Crippen LogP contribution in [0.3, 0.4) is 0 Å². The summed E-state index contributed by atoms with van der Waals surface area (Å²) in [7, 11) is 0. The number of rotatable bonds is 6. The van der Waals surface area contributed by atoms with Crippen molar-refractivity contribution >= 4 is 28.5 Å². The number of halogens is 1. The summed E-state index contributed by atoms with van der Waals surface area (Å²) in [6, 6.07) is 16.6. The lowest BCUT2D eigenvalue weighted by Gasteiger charge is -2.02. The van der Waals surface area contributed by atoms with Gasteiger partial charge < -0.3 is 14.5 Å². The second-order valence-corrected chi connectivity index (χ2v) is 7.24. The van der Waals surface area contributed by atoms with E-state index in [9.17, 15) is 4.79 Å². The molecule has 2 heterocycles. The minimum absolute atomic E-state index is 0.266. The summed E-state index contributed by atoms with van der Waals surface area (Å²) in [5.41, 5.74) is 4.94. The third kappa shape index (κ3) is 3.43. The van der Waals surface area contributed by atoms with E-state index in [1.807, 2.05) is 30.3 Å². The zero-order chi connectivity index (χ0) is 19.7. The molecule has 2 N–H and O–H groups in total. The van der Waals surface area contributed by atoms with Gasteiger partial charge in [0.05, 0.1) is 16.3 Å². The van der Waals surface area contributed by atoms with Crippen LogP contribution in [0.4, 0.5) is 0 Å². The Kier molecular flexibility index (Phi) is 4.97. The summed E-state index contributed by atoms with van der Waals surface area (Å²) in [5, 5.41) is 10.6. The molecule has 142 valence electrons. The summed E-state index contributed by atoms with van der Waals surface area (Å²) < 4.78 is 6.17. The van der Waals surface area contributed by atoms with Crippen molar-refractivity contribution in [1.29, 1.82) is 0 Å². The molecule has 0 bridgehead atoms. The minimum Gasteiger partial charge on any atom is -0.478 e. The molecule has 0 fully saturated rings. The van der Waals surface area contributed by atoms with Crippen molar-refractivity contribution in [2.75, 3.05) is 0 Å². The SMILES string of the molecule is CCCCc1ccc(Cl)c2cc(-c3ccc(-c4ccc(C(=O)O)cc4)[nH]3)oc12. The van der Waals surface area contributed by atoms with Crippen LogP contribution < -0.4 is 0 Å². The Morgan fingerprint density at radius 3 is 2.54 bits per heavy atom. The van der Waals surface area contributed by atoms with E-state index in [0.717, 1.165) is 52.9 Å². The average Bonchev–Trinajstić information content (AvgIpc) is 3.35. The number of hydrogen-bond donors (Lipinski definition) is 2. The number of carboxylic acids is 1. The molecule has 4 nitrogen and oxygen atoms in total. The highest BCUT2D eigenvalue weighted by Gasteiger charge is 2.14. The fraction of sp³-hybridized carbons (Fsp3) is 0.174. The van der Waals surface area contributed by atoms with E-state index in [1.54, 1.807) is 24.3 Å². The number of furan rings is 1. The van der Waals surface area contributed by atoms with Gasteiger partial charge in [0.25, 0.3) is 0 Å². The highest BCUT2D eigenvalue weighted by molar-refractivity contribution is 6.35. The second-order valence-electron chi connectivity index (χ2n) is 6.83. The van der Waals surface area contributed by atoms with Gasteiger partial charge in [-0.2, -0.15) is 0 Å². The molecule has 0 spiro atoms. The van der Waals surface area contributed by atoms with Crippen molar-refractivity contribution in [3.8, 4) is 22.7 Å². The number of aromatic amines is 1. The number of carboxylic acid groups (broad SMARTS) is 1. The predicted molar refractivity (Wildman–Crippen MR) is 112 cm³/mol. The number of unbranched alkanes of at least 4 members (excludes halogenated alkanes) is 1. The van der Waals surface area contributed by atoms with Crippen LogP contribution in [0.2, 0.25) is 5.02 Å². The van der Waals surface area contributed by atoms with Crippen LogP contribution in [-0.4, -0.2) is 16.1 Å². The first-order valence-electron chi connectivity index (χ1n) is 9.31. The summed E-state index contributed by atoms with van der Waals surface area (Å²) in [6.07, 6.45) is 3.19. The maximum Gasteiger partial charge on any atom is 0.335 e. The maximum atomic E-state index is 11.0. The number of aromatic nitrogens is 1. The third-order valence-corrected chi connectivity index (χ3v) is 5.24. The van der Waals surface area contributed by atoms with E-state index in [2.05, 4.69) is 11.9 Å². The largest absolute Gasteiger partial charge is 0.478 e. The van der Waals surface area contributed by atoms with Crippen LogP contribution in [0.1, 0.15) is 35.7 Å². The Morgan fingerprint density at radius 2 is 1.82 bits per heavy atom. The molecule has 4 aromatic rings. The van der Waals surface area contributed by atoms with E-state index >= 15 is 0 Å². The van der Waals surface area contributed by atoms with Gasteiger partial charge in [-0.15, -0.1) is 0 Å². The summed E-state index contributed by atoms with van der Waals surface area (Å²) in [4.78, 5) is 14.4. The monoisotopic (exact) mass is 393 g/mol. The van der Waals surface area contributed by atoms with Crippen LogP contribution in [0, 0.1) is 0 Å². The molecule has 0 saturated heterocycles. The average molecular weight is 394 g/mol. The van der Waals surface area contributed by atoms with E-state index in [1.165, 1.54) is 5.56 Å². The van der Waals surface area contributed by atoms with Gasteiger partial charge in [-0.25, -0.2) is 4.79 Å². The fourth-order valence-corrected chi connectivity index (χ4v) is 3.55. The first kappa shape index (κ1) is 18.4. The normalized spacial score (nSPS) is 11.2. The van der Waals surface area contributed by atoms with Crippen LogP contribution in [0.25, 0.3) is 33.7 Å². The highest BCUT2D eigenvalue weighted by atomic mass is 35.5. The van der Waals surface area contributed by atoms with Crippen molar-refractivity contribution in [1.82, 2.24) is 4.98 Å². The van der Waals surface area contributed by atoms with Crippen molar-refractivity contribution in [2.45, 2.75) is 26.2 Å². The molecule has 0 aliphatic rings. The van der Waals surface area contributed by atoms with Crippen molar-refractivity contribution in [3.63, 3.8) is 0 Å². The Balaban J connectivity index is 1.69. The first-order chi connectivity index (χ1) is 13.6. The molecule has 0 aliphatic heterocycles. The number of nitrogens with one attached hydrogen (secondary N) is 1. The highest BCUT2D eigenvalue weighted by Crippen LogP contribution is 2.35.